The number of pyridine rings is 1. The van der Waals surface area contributed by atoms with Gasteiger partial charge in [-0.25, -0.2) is 9.78 Å². The van der Waals surface area contributed by atoms with Crippen LogP contribution >= 0.6 is 0 Å². The molecule has 0 fully saturated rings. The molecule has 196 valence electrons. The number of rotatable bonds is 5. The third-order valence-corrected chi connectivity index (χ3v) is 5.14. The van der Waals surface area contributed by atoms with Crippen molar-refractivity contribution in [2.45, 2.75) is 32.5 Å². The lowest BCUT2D eigenvalue weighted by Gasteiger charge is -2.19. The van der Waals surface area contributed by atoms with Crippen molar-refractivity contribution in [2.24, 2.45) is 0 Å². The van der Waals surface area contributed by atoms with Crippen molar-refractivity contribution < 1.29 is 32.2 Å². The van der Waals surface area contributed by atoms with Crippen LogP contribution in [-0.4, -0.2) is 22.6 Å². The molecule has 0 unspecified atom stereocenters. The summed E-state index contributed by atoms with van der Waals surface area (Å²) >= 11 is 0. The van der Waals surface area contributed by atoms with E-state index in [-0.39, 0.29) is 11.5 Å². The molecule has 0 radical (unpaired) electrons. The van der Waals surface area contributed by atoms with Gasteiger partial charge in [-0.05, 0) is 80.1 Å². The normalized spacial score (nSPS) is 11.6. The molecule has 1 heterocycles. The van der Waals surface area contributed by atoms with Gasteiger partial charge in [-0.2, -0.15) is 13.2 Å². The van der Waals surface area contributed by atoms with Crippen LogP contribution in [-0.2, 0) is 10.9 Å². The fourth-order valence-corrected chi connectivity index (χ4v) is 3.58. The second-order valence-electron chi connectivity index (χ2n) is 9.33. The number of hydrogen-bond acceptors (Lipinski definition) is 5. The molecular weight excluding hydrogens is 499 g/mol. The van der Waals surface area contributed by atoms with Crippen LogP contribution in [0.25, 0.3) is 10.8 Å². The number of nitrogens with one attached hydrogen (secondary N) is 2. The highest BCUT2D eigenvalue weighted by molar-refractivity contribution is 6.13. The average Bonchev–Trinajstić information content (AvgIpc) is 2.82. The van der Waals surface area contributed by atoms with E-state index in [2.05, 4.69) is 15.6 Å². The molecule has 0 saturated carbocycles. The zero-order valence-electron chi connectivity index (χ0n) is 20.7. The third-order valence-electron chi connectivity index (χ3n) is 5.14. The predicted molar refractivity (Wildman–Crippen MR) is 138 cm³/mol. The molecule has 2 N–H and O–H groups in total. The van der Waals surface area contributed by atoms with Crippen LogP contribution in [0.2, 0.25) is 0 Å². The van der Waals surface area contributed by atoms with Crippen LogP contribution in [0.15, 0.2) is 79.0 Å². The summed E-state index contributed by atoms with van der Waals surface area (Å²) in [6, 6.07) is 17.7. The summed E-state index contributed by atoms with van der Waals surface area (Å²) in [5.41, 5.74) is -1.18. The number of alkyl halides is 3. The first-order chi connectivity index (χ1) is 17.9. The van der Waals surface area contributed by atoms with E-state index in [4.69, 9.17) is 9.47 Å². The molecule has 0 spiro atoms. The Labute approximate surface area is 216 Å². The lowest BCUT2D eigenvalue weighted by Crippen LogP contribution is -2.27. The van der Waals surface area contributed by atoms with E-state index >= 15 is 0 Å². The number of carbonyl (C=O) groups excluding carboxylic acids is 2. The first-order valence-electron chi connectivity index (χ1n) is 11.5. The summed E-state index contributed by atoms with van der Waals surface area (Å²) in [5, 5.41) is 6.35. The van der Waals surface area contributed by atoms with Gasteiger partial charge in [0, 0.05) is 23.5 Å². The summed E-state index contributed by atoms with van der Waals surface area (Å²) in [6.45, 7) is 5.25. The van der Waals surface area contributed by atoms with Gasteiger partial charge in [0.1, 0.15) is 22.9 Å². The van der Waals surface area contributed by atoms with Gasteiger partial charge >= 0.3 is 12.3 Å². The van der Waals surface area contributed by atoms with Crippen molar-refractivity contribution in [3.05, 3.63) is 90.1 Å². The highest BCUT2D eigenvalue weighted by Crippen LogP contribution is 2.32. The van der Waals surface area contributed by atoms with E-state index in [9.17, 15) is 22.8 Å². The summed E-state index contributed by atoms with van der Waals surface area (Å²) in [6.07, 6.45) is -3.69. The van der Waals surface area contributed by atoms with Gasteiger partial charge in [0.25, 0.3) is 5.91 Å². The number of ether oxygens (including phenoxy) is 2. The second kappa shape index (κ2) is 10.4. The number of fused-ring (bicyclic) bond motifs is 1. The summed E-state index contributed by atoms with van der Waals surface area (Å²) < 4.78 is 50.2. The minimum Gasteiger partial charge on any atom is -0.457 e. The molecule has 0 bridgehead atoms. The Morgan fingerprint density at radius 2 is 1.58 bits per heavy atom. The lowest BCUT2D eigenvalue weighted by atomic mass is 10.0. The van der Waals surface area contributed by atoms with Gasteiger partial charge in [0.2, 0.25) is 0 Å². The molecular formula is C28H24F3N3O4. The van der Waals surface area contributed by atoms with Crippen LogP contribution < -0.4 is 15.4 Å². The molecule has 7 nitrogen and oxygen atoms in total. The van der Waals surface area contributed by atoms with E-state index in [0.29, 0.717) is 27.8 Å². The zero-order valence-corrected chi connectivity index (χ0v) is 20.7. The number of halogens is 3. The topological polar surface area (TPSA) is 89.5 Å². The standard InChI is InChI=1S/C28H24F3N3O4/c1-27(2,3)38-26(36)34-24-16-21(12-13-32-24)37-20-10-11-22-17(14-20)6-4-9-23(22)25(35)33-19-8-5-7-18(15-19)28(29,30)31/h4-16H,1-3H3,(H,33,35)(H,32,34,36). The molecule has 1 aromatic heterocycles. The first kappa shape index (κ1) is 26.5. The van der Waals surface area contributed by atoms with Gasteiger partial charge < -0.3 is 14.8 Å². The Morgan fingerprint density at radius 3 is 2.32 bits per heavy atom. The molecule has 3 aromatic carbocycles. The van der Waals surface area contributed by atoms with E-state index < -0.39 is 29.3 Å². The molecule has 4 aromatic rings. The number of anilines is 2. The summed E-state index contributed by atoms with van der Waals surface area (Å²) in [5.74, 6) is 0.563. The Morgan fingerprint density at radius 1 is 0.842 bits per heavy atom. The summed E-state index contributed by atoms with van der Waals surface area (Å²) in [4.78, 5) is 29.0. The number of carbonyl (C=O) groups is 2. The van der Waals surface area contributed by atoms with Crippen molar-refractivity contribution in [2.75, 3.05) is 10.6 Å². The van der Waals surface area contributed by atoms with Gasteiger partial charge in [0.05, 0.1) is 5.56 Å². The number of nitrogens with zero attached hydrogens (tertiary/aromatic N) is 1. The second-order valence-corrected chi connectivity index (χ2v) is 9.33. The molecule has 0 aliphatic heterocycles. The average molecular weight is 524 g/mol. The smallest absolute Gasteiger partial charge is 0.416 e. The first-order valence-corrected chi connectivity index (χ1v) is 11.5. The van der Waals surface area contributed by atoms with E-state index in [1.54, 1.807) is 63.2 Å². The Balaban J connectivity index is 1.51. The minimum absolute atomic E-state index is 0.0373. The maximum Gasteiger partial charge on any atom is 0.416 e. The van der Waals surface area contributed by atoms with Crippen molar-refractivity contribution in [1.82, 2.24) is 4.98 Å². The Bertz CT molecular complexity index is 1500. The molecule has 0 atom stereocenters. The molecule has 38 heavy (non-hydrogen) atoms. The maximum atomic E-state index is 13.0. The van der Waals surface area contributed by atoms with Crippen molar-refractivity contribution in [3.8, 4) is 11.5 Å². The summed E-state index contributed by atoms with van der Waals surface area (Å²) in [7, 11) is 0. The van der Waals surface area contributed by atoms with E-state index in [1.165, 1.54) is 24.4 Å². The van der Waals surface area contributed by atoms with Crippen LogP contribution in [0.5, 0.6) is 11.5 Å². The number of amides is 2. The third kappa shape index (κ3) is 6.78. The zero-order chi connectivity index (χ0) is 27.5. The van der Waals surface area contributed by atoms with Gasteiger partial charge in [-0.15, -0.1) is 0 Å². The Kier molecular flexibility index (Phi) is 7.25. The number of aromatic nitrogens is 1. The highest BCUT2D eigenvalue weighted by atomic mass is 19.4. The molecule has 0 aliphatic carbocycles. The predicted octanol–water partition coefficient (Wildman–Crippen LogP) is 7.65. The Hall–Kier alpha value is -4.60. The van der Waals surface area contributed by atoms with Crippen molar-refractivity contribution in [3.63, 3.8) is 0 Å². The van der Waals surface area contributed by atoms with Crippen LogP contribution in [0.3, 0.4) is 0 Å². The molecule has 2 amide bonds. The molecule has 0 saturated heterocycles. The quantitative estimate of drug-likeness (QED) is 0.281. The fourth-order valence-electron chi connectivity index (χ4n) is 3.58. The van der Waals surface area contributed by atoms with E-state index in [0.717, 1.165) is 12.1 Å². The fraction of sp³-hybridized carbons (Fsp3) is 0.179. The van der Waals surface area contributed by atoms with Crippen LogP contribution in [0.1, 0.15) is 36.7 Å². The monoisotopic (exact) mass is 523 g/mol. The molecule has 4 rings (SSSR count). The van der Waals surface area contributed by atoms with Crippen LogP contribution in [0, 0.1) is 0 Å². The SMILES string of the molecule is CC(C)(C)OC(=O)Nc1cc(Oc2ccc3c(C(=O)Nc4cccc(C(F)(F)F)c4)cccc3c2)ccn1. The van der Waals surface area contributed by atoms with Gasteiger partial charge in [-0.3, -0.25) is 10.1 Å². The number of benzene rings is 3. The van der Waals surface area contributed by atoms with Gasteiger partial charge in [-0.1, -0.05) is 18.2 Å². The van der Waals surface area contributed by atoms with Crippen molar-refractivity contribution >= 4 is 34.3 Å². The molecule has 10 heteroatoms. The van der Waals surface area contributed by atoms with Crippen molar-refractivity contribution in [1.29, 1.82) is 0 Å². The highest BCUT2D eigenvalue weighted by Gasteiger charge is 2.30. The van der Waals surface area contributed by atoms with Crippen LogP contribution in [0.4, 0.5) is 29.5 Å². The van der Waals surface area contributed by atoms with Gasteiger partial charge in [0.15, 0.2) is 0 Å². The minimum atomic E-state index is -4.52. The lowest BCUT2D eigenvalue weighted by molar-refractivity contribution is -0.137. The number of hydrogen-bond donors (Lipinski definition) is 2. The largest absolute Gasteiger partial charge is 0.457 e. The molecule has 0 aliphatic rings. The van der Waals surface area contributed by atoms with E-state index in [1.807, 2.05) is 0 Å². The maximum absolute atomic E-state index is 13.0.